The standard InChI is InChI=1S/C18H26FNO2/c19-16-5-3-4-15(10-16)8-9-20(17-6-1-2-7-17)11-18(12-21)13-22-14-18/h3-5,10,17,21H,1-2,6-9,11-14H2. The SMILES string of the molecule is OCC1(CN(CCc2cccc(F)c2)C2CCCC2)COC1. The van der Waals surface area contributed by atoms with Gasteiger partial charge in [-0.15, -0.1) is 0 Å². The molecule has 0 amide bonds. The second kappa shape index (κ2) is 7.07. The zero-order chi connectivity index (χ0) is 15.4. The summed E-state index contributed by atoms with van der Waals surface area (Å²) in [4.78, 5) is 2.51. The number of hydrogen-bond acceptors (Lipinski definition) is 3. The van der Waals surface area contributed by atoms with Gasteiger partial charge in [0.1, 0.15) is 5.82 Å². The van der Waals surface area contributed by atoms with Gasteiger partial charge >= 0.3 is 0 Å². The van der Waals surface area contributed by atoms with E-state index in [0.717, 1.165) is 25.1 Å². The number of hydrogen-bond donors (Lipinski definition) is 1. The van der Waals surface area contributed by atoms with Crippen molar-refractivity contribution in [2.75, 3.05) is 32.9 Å². The van der Waals surface area contributed by atoms with Crippen LogP contribution in [0.2, 0.25) is 0 Å². The minimum absolute atomic E-state index is 0.0788. The van der Waals surface area contributed by atoms with Gasteiger partial charge in [0.2, 0.25) is 0 Å². The molecule has 0 unspecified atom stereocenters. The van der Waals surface area contributed by atoms with Gasteiger partial charge in [0, 0.05) is 19.1 Å². The first-order chi connectivity index (χ1) is 10.7. The van der Waals surface area contributed by atoms with E-state index in [1.54, 1.807) is 12.1 Å². The van der Waals surface area contributed by atoms with Gasteiger partial charge in [-0.3, -0.25) is 4.90 Å². The highest BCUT2D eigenvalue weighted by Gasteiger charge is 2.41. The number of rotatable bonds is 7. The molecule has 1 aromatic rings. The summed E-state index contributed by atoms with van der Waals surface area (Å²) in [6, 6.07) is 7.49. The molecule has 0 aromatic heterocycles. The first kappa shape index (κ1) is 15.9. The Kier molecular flexibility index (Phi) is 5.11. The molecule has 0 radical (unpaired) electrons. The smallest absolute Gasteiger partial charge is 0.123 e. The normalized spacial score (nSPS) is 21.2. The second-order valence-electron chi connectivity index (χ2n) is 6.94. The summed E-state index contributed by atoms with van der Waals surface area (Å²) in [5.41, 5.74) is 0.968. The van der Waals surface area contributed by atoms with Gasteiger partial charge in [-0.2, -0.15) is 0 Å². The predicted molar refractivity (Wildman–Crippen MR) is 84.3 cm³/mol. The van der Waals surface area contributed by atoms with Gasteiger partial charge in [0.15, 0.2) is 0 Å². The predicted octanol–water partition coefficient (Wildman–Crippen LogP) is 2.62. The molecule has 2 fully saturated rings. The van der Waals surface area contributed by atoms with Crippen molar-refractivity contribution in [3.8, 4) is 0 Å². The molecule has 1 N–H and O–H groups in total. The molecule has 0 spiro atoms. The Morgan fingerprint density at radius 2 is 2.05 bits per heavy atom. The molecule has 122 valence electrons. The Hall–Kier alpha value is -0.970. The third-order valence-electron chi connectivity index (χ3n) is 5.11. The van der Waals surface area contributed by atoms with Crippen molar-refractivity contribution in [1.29, 1.82) is 0 Å². The van der Waals surface area contributed by atoms with Crippen LogP contribution in [0.25, 0.3) is 0 Å². The molecule has 0 atom stereocenters. The quantitative estimate of drug-likeness (QED) is 0.840. The van der Waals surface area contributed by atoms with Gasteiger partial charge in [-0.25, -0.2) is 4.39 Å². The van der Waals surface area contributed by atoms with Crippen LogP contribution >= 0.6 is 0 Å². The van der Waals surface area contributed by atoms with Gasteiger partial charge in [0.05, 0.1) is 25.2 Å². The summed E-state index contributed by atoms with van der Waals surface area (Å²) in [7, 11) is 0. The van der Waals surface area contributed by atoms with Crippen LogP contribution in [0.3, 0.4) is 0 Å². The maximum absolute atomic E-state index is 13.3. The molecule has 2 aliphatic rings. The van der Waals surface area contributed by atoms with Crippen LogP contribution in [0.15, 0.2) is 24.3 Å². The van der Waals surface area contributed by atoms with Gasteiger partial charge in [-0.05, 0) is 37.0 Å². The fraction of sp³-hybridized carbons (Fsp3) is 0.667. The van der Waals surface area contributed by atoms with Crippen LogP contribution < -0.4 is 0 Å². The van der Waals surface area contributed by atoms with E-state index in [9.17, 15) is 9.50 Å². The molecule has 1 heterocycles. The minimum Gasteiger partial charge on any atom is -0.396 e. The Bertz CT molecular complexity index is 478. The summed E-state index contributed by atoms with van der Waals surface area (Å²) in [5.74, 6) is -0.163. The van der Waals surface area contributed by atoms with Crippen molar-refractivity contribution in [1.82, 2.24) is 4.90 Å². The zero-order valence-electron chi connectivity index (χ0n) is 13.1. The average Bonchev–Trinajstić information content (AvgIpc) is 3.00. The second-order valence-corrected chi connectivity index (χ2v) is 6.94. The van der Waals surface area contributed by atoms with E-state index < -0.39 is 0 Å². The lowest BCUT2D eigenvalue weighted by molar-refractivity contribution is -0.151. The number of ether oxygens (including phenoxy) is 1. The lowest BCUT2D eigenvalue weighted by Gasteiger charge is -2.45. The highest BCUT2D eigenvalue weighted by atomic mass is 19.1. The van der Waals surface area contributed by atoms with E-state index >= 15 is 0 Å². The third-order valence-corrected chi connectivity index (χ3v) is 5.11. The van der Waals surface area contributed by atoms with Gasteiger partial charge < -0.3 is 9.84 Å². The van der Waals surface area contributed by atoms with Crippen LogP contribution in [-0.2, 0) is 11.2 Å². The summed E-state index contributed by atoms with van der Waals surface area (Å²) in [6.07, 6.45) is 5.93. The lowest BCUT2D eigenvalue weighted by Crippen LogP contribution is -2.55. The van der Waals surface area contributed by atoms with Crippen LogP contribution in [0, 0.1) is 11.2 Å². The van der Waals surface area contributed by atoms with Crippen molar-refractivity contribution in [2.24, 2.45) is 5.41 Å². The Labute approximate surface area is 132 Å². The van der Waals surface area contributed by atoms with E-state index in [2.05, 4.69) is 4.90 Å². The largest absolute Gasteiger partial charge is 0.396 e. The molecular weight excluding hydrogens is 281 g/mol. The van der Waals surface area contributed by atoms with E-state index in [0.29, 0.717) is 19.3 Å². The summed E-state index contributed by atoms with van der Waals surface area (Å²) in [6.45, 7) is 3.33. The number of benzene rings is 1. The van der Waals surface area contributed by atoms with Crippen LogP contribution in [0.5, 0.6) is 0 Å². The topological polar surface area (TPSA) is 32.7 Å². The average molecular weight is 307 g/mol. The minimum atomic E-state index is -0.163. The highest BCUT2D eigenvalue weighted by Crippen LogP contribution is 2.32. The summed E-state index contributed by atoms with van der Waals surface area (Å²) in [5, 5.41) is 9.69. The Morgan fingerprint density at radius 1 is 1.27 bits per heavy atom. The van der Waals surface area contributed by atoms with Crippen LogP contribution in [0.1, 0.15) is 31.2 Å². The van der Waals surface area contributed by atoms with Gasteiger partial charge in [0.25, 0.3) is 0 Å². The molecule has 1 saturated carbocycles. The van der Waals surface area contributed by atoms with Crippen molar-refractivity contribution >= 4 is 0 Å². The van der Waals surface area contributed by atoms with E-state index in [1.165, 1.54) is 31.7 Å². The van der Waals surface area contributed by atoms with Crippen molar-refractivity contribution in [3.05, 3.63) is 35.6 Å². The van der Waals surface area contributed by atoms with Crippen molar-refractivity contribution < 1.29 is 14.2 Å². The molecule has 0 bridgehead atoms. The third kappa shape index (κ3) is 3.67. The Morgan fingerprint density at radius 3 is 2.64 bits per heavy atom. The monoisotopic (exact) mass is 307 g/mol. The Balaban J connectivity index is 1.63. The number of halogens is 1. The molecule has 1 aliphatic carbocycles. The first-order valence-electron chi connectivity index (χ1n) is 8.38. The number of aliphatic hydroxyl groups excluding tert-OH is 1. The van der Waals surface area contributed by atoms with Crippen LogP contribution in [-0.4, -0.2) is 49.0 Å². The zero-order valence-corrected chi connectivity index (χ0v) is 13.1. The van der Waals surface area contributed by atoms with Crippen molar-refractivity contribution in [2.45, 2.75) is 38.1 Å². The molecule has 3 rings (SSSR count). The highest BCUT2D eigenvalue weighted by molar-refractivity contribution is 5.16. The van der Waals surface area contributed by atoms with E-state index in [1.807, 2.05) is 6.07 Å². The van der Waals surface area contributed by atoms with Crippen LogP contribution in [0.4, 0.5) is 4.39 Å². The maximum Gasteiger partial charge on any atom is 0.123 e. The molecule has 22 heavy (non-hydrogen) atoms. The lowest BCUT2D eigenvalue weighted by atomic mass is 9.85. The molecule has 1 aliphatic heterocycles. The fourth-order valence-electron chi connectivity index (χ4n) is 3.68. The fourth-order valence-corrected chi connectivity index (χ4v) is 3.68. The van der Waals surface area contributed by atoms with Crippen molar-refractivity contribution in [3.63, 3.8) is 0 Å². The molecule has 3 nitrogen and oxygen atoms in total. The number of nitrogens with zero attached hydrogens (tertiary/aromatic N) is 1. The number of aliphatic hydroxyl groups is 1. The van der Waals surface area contributed by atoms with E-state index in [4.69, 9.17) is 4.74 Å². The summed E-state index contributed by atoms with van der Waals surface area (Å²) >= 11 is 0. The molecule has 4 heteroatoms. The van der Waals surface area contributed by atoms with E-state index in [-0.39, 0.29) is 17.8 Å². The molecule has 1 aromatic carbocycles. The maximum atomic E-state index is 13.3. The van der Waals surface area contributed by atoms with Gasteiger partial charge in [-0.1, -0.05) is 25.0 Å². The first-order valence-corrected chi connectivity index (χ1v) is 8.38. The molecular formula is C18H26FNO2. The summed E-state index contributed by atoms with van der Waals surface area (Å²) < 4.78 is 18.7. The molecule has 1 saturated heterocycles.